The molecule has 5 rings (SSSR count). The van der Waals surface area contributed by atoms with Gasteiger partial charge in [0.2, 0.25) is 5.95 Å². The summed E-state index contributed by atoms with van der Waals surface area (Å²) in [6.07, 6.45) is 1.84. The number of benzene rings is 3. The summed E-state index contributed by atoms with van der Waals surface area (Å²) in [6, 6.07) is 16.9. The van der Waals surface area contributed by atoms with Gasteiger partial charge in [0, 0.05) is 43.4 Å². The van der Waals surface area contributed by atoms with E-state index >= 15 is 0 Å². The van der Waals surface area contributed by atoms with Crippen LogP contribution in [0.15, 0.2) is 60.8 Å². The summed E-state index contributed by atoms with van der Waals surface area (Å²) in [6.45, 7) is 7.25. The summed E-state index contributed by atoms with van der Waals surface area (Å²) < 4.78 is 5.40. The second kappa shape index (κ2) is 11.4. The van der Waals surface area contributed by atoms with E-state index in [-0.39, 0.29) is 10.9 Å². The average molecular weight is 536 g/mol. The minimum Gasteiger partial charge on any atom is -0.379 e. The fourth-order valence-electron chi connectivity index (χ4n) is 4.33. The molecule has 1 amide bonds. The highest BCUT2D eigenvalue weighted by Gasteiger charge is 2.14. The van der Waals surface area contributed by atoms with Gasteiger partial charge in [-0.05, 0) is 60.0 Å². The Hall–Kier alpha value is -3.23. The molecule has 1 aliphatic rings. The largest absolute Gasteiger partial charge is 0.379 e. The molecular formula is C28H27Cl2N5O2. The number of anilines is 2. The van der Waals surface area contributed by atoms with Crippen molar-refractivity contribution >= 4 is 51.6 Å². The monoisotopic (exact) mass is 535 g/mol. The van der Waals surface area contributed by atoms with Crippen LogP contribution in [-0.2, 0) is 4.74 Å². The third kappa shape index (κ3) is 6.02. The van der Waals surface area contributed by atoms with Crippen LogP contribution in [0.4, 0.5) is 11.6 Å². The zero-order chi connectivity index (χ0) is 25.8. The van der Waals surface area contributed by atoms with Crippen LogP contribution in [0.2, 0.25) is 10.0 Å². The minimum atomic E-state index is -0.317. The van der Waals surface area contributed by atoms with Crippen LogP contribution in [0.3, 0.4) is 0 Å². The lowest BCUT2D eigenvalue weighted by molar-refractivity contribution is 0.0398. The number of aromatic nitrogens is 2. The molecule has 0 radical (unpaired) electrons. The molecule has 0 aliphatic carbocycles. The number of carbonyl (C=O) groups is 1. The van der Waals surface area contributed by atoms with Gasteiger partial charge < -0.3 is 15.4 Å². The van der Waals surface area contributed by atoms with Crippen molar-refractivity contribution in [3.63, 3.8) is 0 Å². The van der Waals surface area contributed by atoms with Gasteiger partial charge in [0.1, 0.15) is 0 Å². The molecule has 2 heterocycles. The number of morpholine rings is 1. The van der Waals surface area contributed by atoms with Gasteiger partial charge in [0.15, 0.2) is 0 Å². The molecule has 1 aromatic heterocycles. The lowest BCUT2D eigenvalue weighted by Crippen LogP contribution is -2.39. The number of aryl methyl sites for hydroxylation is 1. The Balaban J connectivity index is 1.31. The highest BCUT2D eigenvalue weighted by atomic mass is 35.5. The fourth-order valence-corrected chi connectivity index (χ4v) is 4.71. The predicted molar refractivity (Wildman–Crippen MR) is 150 cm³/mol. The SMILES string of the molecule is Cc1ccc(NC(=O)c2cccc(Cl)c2Cl)cc1-c1ccc2nc(NCCN3CCOCC3)ncc2c1. The molecule has 37 heavy (non-hydrogen) atoms. The maximum Gasteiger partial charge on any atom is 0.257 e. The number of nitrogens with zero attached hydrogens (tertiary/aromatic N) is 3. The Kier molecular flexibility index (Phi) is 7.86. The molecule has 3 aromatic carbocycles. The highest BCUT2D eigenvalue weighted by Crippen LogP contribution is 2.30. The van der Waals surface area contributed by atoms with Crippen LogP contribution >= 0.6 is 23.2 Å². The van der Waals surface area contributed by atoms with Crippen molar-refractivity contribution in [3.05, 3.63) is 82.0 Å². The van der Waals surface area contributed by atoms with Gasteiger partial charge >= 0.3 is 0 Å². The third-order valence-electron chi connectivity index (χ3n) is 6.40. The molecule has 2 N–H and O–H groups in total. The number of ether oxygens (including phenoxy) is 1. The van der Waals surface area contributed by atoms with Gasteiger partial charge in [0.05, 0.1) is 34.3 Å². The summed E-state index contributed by atoms with van der Waals surface area (Å²) >= 11 is 12.3. The van der Waals surface area contributed by atoms with Gasteiger partial charge in [-0.15, -0.1) is 0 Å². The molecule has 7 nitrogen and oxygen atoms in total. The summed E-state index contributed by atoms with van der Waals surface area (Å²) in [5.74, 6) is 0.303. The van der Waals surface area contributed by atoms with Crippen molar-refractivity contribution in [1.29, 1.82) is 0 Å². The molecule has 0 bridgehead atoms. The molecule has 0 spiro atoms. The number of hydrogen-bond acceptors (Lipinski definition) is 6. The first-order valence-corrected chi connectivity index (χ1v) is 12.9. The number of nitrogens with one attached hydrogen (secondary N) is 2. The van der Waals surface area contributed by atoms with E-state index < -0.39 is 0 Å². The Morgan fingerprint density at radius 2 is 1.92 bits per heavy atom. The summed E-state index contributed by atoms with van der Waals surface area (Å²) in [4.78, 5) is 24.4. The standard InChI is InChI=1S/C28H27Cl2N5O2/c1-18-5-7-21(33-27(36)22-3-2-4-24(29)26(22)30)16-23(18)19-6-8-25-20(15-19)17-32-28(34-25)31-9-10-35-11-13-37-14-12-35/h2-8,15-17H,9-14H2,1H3,(H,33,36)(H,31,32,34). The summed E-state index contributed by atoms with van der Waals surface area (Å²) in [5.41, 5.74) is 4.96. The first-order valence-electron chi connectivity index (χ1n) is 12.1. The third-order valence-corrected chi connectivity index (χ3v) is 7.22. The van der Waals surface area contributed by atoms with E-state index in [0.717, 1.165) is 67.0 Å². The number of carbonyl (C=O) groups excluding carboxylic acids is 1. The molecule has 9 heteroatoms. The highest BCUT2D eigenvalue weighted by molar-refractivity contribution is 6.44. The maximum atomic E-state index is 12.8. The first-order chi connectivity index (χ1) is 18.0. The van der Waals surface area contributed by atoms with Crippen molar-refractivity contribution in [3.8, 4) is 11.1 Å². The van der Waals surface area contributed by atoms with Gasteiger partial charge in [-0.3, -0.25) is 9.69 Å². The quantitative estimate of drug-likeness (QED) is 0.306. The van der Waals surface area contributed by atoms with Crippen molar-refractivity contribution in [2.24, 2.45) is 0 Å². The Morgan fingerprint density at radius 3 is 2.76 bits per heavy atom. The number of rotatable bonds is 7. The van der Waals surface area contributed by atoms with Crippen LogP contribution in [-0.4, -0.2) is 60.2 Å². The second-order valence-corrected chi connectivity index (χ2v) is 9.72. The van der Waals surface area contributed by atoms with E-state index in [4.69, 9.17) is 27.9 Å². The Labute approximate surface area is 225 Å². The van der Waals surface area contributed by atoms with Crippen LogP contribution in [0, 0.1) is 6.92 Å². The Bertz CT molecular complexity index is 1440. The summed E-state index contributed by atoms with van der Waals surface area (Å²) in [5, 5.41) is 7.77. The molecule has 1 aliphatic heterocycles. The van der Waals surface area contributed by atoms with E-state index in [1.165, 1.54) is 0 Å². The van der Waals surface area contributed by atoms with Crippen LogP contribution in [0.25, 0.3) is 22.0 Å². The maximum absolute atomic E-state index is 12.8. The van der Waals surface area contributed by atoms with E-state index in [0.29, 0.717) is 22.2 Å². The van der Waals surface area contributed by atoms with Gasteiger partial charge in [-0.1, -0.05) is 41.4 Å². The Morgan fingerprint density at radius 1 is 1.08 bits per heavy atom. The molecule has 0 unspecified atom stereocenters. The lowest BCUT2D eigenvalue weighted by atomic mass is 9.98. The molecule has 0 saturated carbocycles. The van der Waals surface area contributed by atoms with E-state index in [1.54, 1.807) is 18.2 Å². The van der Waals surface area contributed by atoms with E-state index in [9.17, 15) is 4.79 Å². The van der Waals surface area contributed by atoms with Crippen LogP contribution in [0.1, 0.15) is 15.9 Å². The smallest absolute Gasteiger partial charge is 0.257 e. The van der Waals surface area contributed by atoms with Crippen molar-refractivity contribution < 1.29 is 9.53 Å². The average Bonchev–Trinajstić information content (AvgIpc) is 2.91. The summed E-state index contributed by atoms with van der Waals surface area (Å²) in [7, 11) is 0. The molecule has 0 atom stereocenters. The van der Waals surface area contributed by atoms with Crippen LogP contribution < -0.4 is 10.6 Å². The molecular weight excluding hydrogens is 509 g/mol. The predicted octanol–water partition coefficient (Wildman–Crippen LogP) is 5.91. The zero-order valence-corrected chi connectivity index (χ0v) is 21.9. The van der Waals surface area contributed by atoms with Crippen molar-refractivity contribution in [2.45, 2.75) is 6.92 Å². The molecule has 190 valence electrons. The van der Waals surface area contributed by atoms with Crippen molar-refractivity contribution in [2.75, 3.05) is 50.0 Å². The number of amides is 1. The fraction of sp³-hybridized carbons (Fsp3) is 0.250. The van der Waals surface area contributed by atoms with Crippen LogP contribution in [0.5, 0.6) is 0 Å². The lowest BCUT2D eigenvalue weighted by Gasteiger charge is -2.26. The first kappa shape index (κ1) is 25.4. The molecule has 4 aromatic rings. The zero-order valence-electron chi connectivity index (χ0n) is 20.4. The van der Waals surface area contributed by atoms with Crippen molar-refractivity contribution in [1.82, 2.24) is 14.9 Å². The minimum absolute atomic E-state index is 0.235. The van der Waals surface area contributed by atoms with Gasteiger partial charge in [0.25, 0.3) is 5.91 Å². The van der Waals surface area contributed by atoms with Gasteiger partial charge in [-0.25, -0.2) is 9.97 Å². The number of halogens is 2. The van der Waals surface area contributed by atoms with Gasteiger partial charge in [-0.2, -0.15) is 0 Å². The normalized spacial score (nSPS) is 14.0. The van der Waals surface area contributed by atoms with E-state index in [1.807, 2.05) is 43.5 Å². The number of fused-ring (bicyclic) bond motifs is 1. The van der Waals surface area contributed by atoms with E-state index in [2.05, 4.69) is 31.6 Å². The molecule has 1 fully saturated rings. The topological polar surface area (TPSA) is 79.4 Å². The second-order valence-electron chi connectivity index (χ2n) is 8.93. The molecule has 1 saturated heterocycles. The number of hydrogen-bond donors (Lipinski definition) is 2.